The van der Waals surface area contributed by atoms with Crippen LogP contribution in [0, 0.1) is 32.3 Å². The van der Waals surface area contributed by atoms with Crippen LogP contribution in [-0.2, 0) is 6.61 Å². The molecule has 0 saturated carbocycles. The Morgan fingerprint density at radius 2 is 1.45 bits per heavy atom. The Bertz CT molecular complexity index is 1710. The van der Waals surface area contributed by atoms with Crippen LogP contribution < -0.4 is 4.74 Å². The Hall–Kier alpha value is -3.13. The highest BCUT2D eigenvalue weighted by atomic mass is 127. The molecule has 4 aromatic carbocycles. The molecule has 5 rings (SSSR count). The average Bonchev–Trinajstić information content (AvgIpc) is 3.31. The van der Waals surface area contributed by atoms with Crippen molar-refractivity contribution in [2.75, 3.05) is 0 Å². The van der Waals surface area contributed by atoms with E-state index in [1.54, 1.807) is 6.21 Å². The van der Waals surface area contributed by atoms with Crippen LogP contribution in [0.25, 0.3) is 22.5 Å². The van der Waals surface area contributed by atoms with Gasteiger partial charge in [0, 0.05) is 22.4 Å². The molecule has 4 nitrogen and oxygen atoms in total. The first-order valence-corrected chi connectivity index (χ1v) is 15.0. The van der Waals surface area contributed by atoms with Gasteiger partial charge in [0.15, 0.2) is 0 Å². The normalized spacial score (nSPS) is 11.1. The fraction of sp³-hybridized carbons (Fsp3) is 0.0909. The molecule has 0 bridgehead atoms. The topological polar surface area (TPSA) is 58.5 Å². The van der Waals surface area contributed by atoms with Crippen molar-refractivity contribution in [3.63, 3.8) is 0 Å². The van der Waals surface area contributed by atoms with Gasteiger partial charge in [-0.3, -0.25) is 0 Å². The van der Waals surface area contributed by atoms with E-state index in [9.17, 15) is 5.26 Å². The number of ether oxygens (including phenoxy) is 1. The number of nitrogens with zero attached hydrogens (tertiary/aromatic N) is 2. The van der Waals surface area contributed by atoms with Crippen LogP contribution in [0.3, 0.4) is 0 Å². The number of furan rings is 1. The van der Waals surface area contributed by atoms with Gasteiger partial charge >= 0.3 is 0 Å². The van der Waals surface area contributed by atoms with E-state index in [0.717, 1.165) is 51.8 Å². The molecule has 0 amide bonds. The van der Waals surface area contributed by atoms with Gasteiger partial charge in [-0.2, -0.15) is 5.26 Å². The molecular formula is C33H23ClI2N2O2. The zero-order chi connectivity index (χ0) is 28.2. The molecule has 0 unspecified atom stereocenters. The van der Waals surface area contributed by atoms with Crippen molar-refractivity contribution in [3.05, 3.63) is 125 Å². The molecule has 40 heavy (non-hydrogen) atoms. The van der Waals surface area contributed by atoms with Crippen molar-refractivity contribution in [3.8, 4) is 34.3 Å². The SMILES string of the molecule is Cc1ccc(-c2oc(N=Cc3cc(I)c(OCc4ccc(Cl)cc4)c(I)c3)c(C#N)c2-c2ccc(C)cc2)cc1. The zero-order valence-electron chi connectivity index (χ0n) is 21.7. The van der Waals surface area contributed by atoms with Gasteiger partial charge in [-0.15, -0.1) is 0 Å². The first kappa shape index (κ1) is 28.4. The van der Waals surface area contributed by atoms with Crippen LogP contribution in [0.5, 0.6) is 5.75 Å². The Kier molecular flexibility index (Phi) is 8.94. The van der Waals surface area contributed by atoms with Gasteiger partial charge in [0.25, 0.3) is 0 Å². The molecule has 198 valence electrons. The lowest BCUT2D eigenvalue weighted by molar-refractivity contribution is 0.302. The van der Waals surface area contributed by atoms with E-state index in [1.807, 2.05) is 98.8 Å². The molecule has 0 aliphatic heterocycles. The average molecular weight is 769 g/mol. The van der Waals surface area contributed by atoms with Crippen LogP contribution in [0.15, 0.2) is 94.3 Å². The highest BCUT2D eigenvalue weighted by molar-refractivity contribution is 14.1. The smallest absolute Gasteiger partial charge is 0.238 e. The largest absolute Gasteiger partial charge is 0.487 e. The van der Waals surface area contributed by atoms with E-state index in [0.29, 0.717) is 23.0 Å². The maximum Gasteiger partial charge on any atom is 0.238 e. The van der Waals surface area contributed by atoms with Gasteiger partial charge in [-0.05, 0) is 100.0 Å². The second-order valence-corrected chi connectivity index (χ2v) is 12.1. The van der Waals surface area contributed by atoms with E-state index in [2.05, 4.69) is 56.2 Å². The second kappa shape index (κ2) is 12.6. The highest BCUT2D eigenvalue weighted by Crippen LogP contribution is 2.42. The molecule has 0 aliphatic carbocycles. The van der Waals surface area contributed by atoms with E-state index in [1.165, 1.54) is 0 Å². The van der Waals surface area contributed by atoms with Gasteiger partial charge in [-0.25, -0.2) is 4.99 Å². The van der Waals surface area contributed by atoms with Crippen LogP contribution in [0.2, 0.25) is 5.02 Å². The maximum absolute atomic E-state index is 10.2. The van der Waals surface area contributed by atoms with Crippen molar-refractivity contribution in [2.24, 2.45) is 4.99 Å². The summed E-state index contributed by atoms with van der Waals surface area (Å²) < 4.78 is 14.3. The number of nitriles is 1. The Labute approximate surface area is 266 Å². The molecule has 1 heterocycles. The van der Waals surface area contributed by atoms with Gasteiger partial charge in [0.2, 0.25) is 5.88 Å². The van der Waals surface area contributed by atoms with Crippen LogP contribution in [0.1, 0.15) is 27.8 Å². The van der Waals surface area contributed by atoms with Gasteiger partial charge in [0.05, 0.1) is 7.14 Å². The number of aryl methyl sites for hydroxylation is 2. The number of halogens is 3. The number of rotatable bonds is 7. The predicted molar refractivity (Wildman–Crippen MR) is 179 cm³/mol. The standard InChI is InChI=1S/C33H23ClI2N2O2/c1-20-3-9-24(10-4-20)30-27(17-37)33(40-31(30)25-11-5-21(2)6-12-25)38-18-23-15-28(35)32(29(36)16-23)39-19-22-7-13-26(34)14-8-22/h3-16,18H,19H2,1-2H3. The molecule has 1 aromatic heterocycles. The minimum absolute atomic E-state index is 0.279. The number of hydrogen-bond acceptors (Lipinski definition) is 4. The summed E-state index contributed by atoms with van der Waals surface area (Å²) in [5.74, 6) is 1.72. The lowest BCUT2D eigenvalue weighted by atomic mass is 9.97. The predicted octanol–water partition coefficient (Wildman–Crippen LogP) is 10.3. The number of benzene rings is 4. The second-order valence-electron chi connectivity index (χ2n) is 9.32. The molecule has 0 aliphatic rings. The third-order valence-corrected chi connectivity index (χ3v) is 8.16. The summed E-state index contributed by atoms with van der Waals surface area (Å²) in [5.41, 5.74) is 7.16. The van der Waals surface area contributed by atoms with Gasteiger partial charge in [-0.1, -0.05) is 83.4 Å². The zero-order valence-corrected chi connectivity index (χ0v) is 26.8. The third-order valence-electron chi connectivity index (χ3n) is 6.30. The summed E-state index contributed by atoms with van der Waals surface area (Å²) in [7, 11) is 0. The first-order chi connectivity index (χ1) is 19.3. The van der Waals surface area contributed by atoms with Crippen LogP contribution >= 0.6 is 56.8 Å². The van der Waals surface area contributed by atoms with Gasteiger partial charge in [0.1, 0.15) is 29.7 Å². The molecule has 0 radical (unpaired) electrons. The lowest BCUT2D eigenvalue weighted by Gasteiger charge is -2.11. The van der Waals surface area contributed by atoms with E-state index in [4.69, 9.17) is 20.8 Å². The molecule has 0 N–H and O–H groups in total. The van der Waals surface area contributed by atoms with E-state index >= 15 is 0 Å². The summed E-state index contributed by atoms with van der Waals surface area (Å²) >= 11 is 10.5. The molecular weight excluding hydrogens is 746 g/mol. The van der Waals surface area contributed by atoms with Crippen molar-refractivity contribution >= 4 is 68.9 Å². The monoisotopic (exact) mass is 768 g/mol. The molecule has 0 fully saturated rings. The Morgan fingerprint density at radius 1 is 0.875 bits per heavy atom. The summed E-state index contributed by atoms with van der Waals surface area (Å²) in [4.78, 5) is 4.65. The summed E-state index contributed by atoms with van der Waals surface area (Å²) in [6.07, 6.45) is 1.73. The molecule has 7 heteroatoms. The van der Waals surface area contributed by atoms with Crippen molar-refractivity contribution in [2.45, 2.75) is 20.5 Å². The van der Waals surface area contributed by atoms with Crippen molar-refractivity contribution in [1.29, 1.82) is 5.26 Å². The van der Waals surface area contributed by atoms with E-state index < -0.39 is 0 Å². The minimum atomic E-state index is 0.279. The first-order valence-electron chi connectivity index (χ1n) is 12.4. The summed E-state index contributed by atoms with van der Waals surface area (Å²) in [6.45, 7) is 4.52. The van der Waals surface area contributed by atoms with E-state index in [-0.39, 0.29) is 5.88 Å². The molecule has 5 aromatic rings. The van der Waals surface area contributed by atoms with Gasteiger partial charge < -0.3 is 9.15 Å². The Morgan fingerprint density at radius 3 is 2.02 bits per heavy atom. The fourth-order valence-electron chi connectivity index (χ4n) is 4.18. The molecule has 0 saturated heterocycles. The quantitative estimate of drug-likeness (QED) is 0.122. The van der Waals surface area contributed by atoms with Crippen LogP contribution in [-0.4, -0.2) is 6.21 Å². The van der Waals surface area contributed by atoms with Crippen molar-refractivity contribution < 1.29 is 9.15 Å². The lowest BCUT2D eigenvalue weighted by Crippen LogP contribution is -2.00. The van der Waals surface area contributed by atoms with Crippen molar-refractivity contribution in [1.82, 2.24) is 0 Å². The molecule has 0 spiro atoms. The summed E-state index contributed by atoms with van der Waals surface area (Å²) in [6, 6.07) is 30.1. The molecule has 0 atom stereocenters. The summed E-state index contributed by atoms with van der Waals surface area (Å²) in [5, 5.41) is 10.9. The fourth-order valence-corrected chi connectivity index (χ4v) is 6.43. The minimum Gasteiger partial charge on any atom is -0.487 e. The maximum atomic E-state index is 10.2. The highest BCUT2D eigenvalue weighted by Gasteiger charge is 2.23. The Balaban J connectivity index is 1.48. The van der Waals surface area contributed by atoms with Crippen LogP contribution in [0.4, 0.5) is 5.88 Å². The number of aliphatic imine (C=N–C) groups is 1. The third kappa shape index (κ3) is 6.43. The number of hydrogen-bond donors (Lipinski definition) is 0.